The number of rotatable bonds is 4. The Hall–Kier alpha value is -0.210. The second-order valence-electron chi connectivity index (χ2n) is 2.27. The number of hydrogen-bond donors (Lipinski definition) is 7. The van der Waals surface area contributed by atoms with Gasteiger partial charge in [0.05, 0.1) is 0 Å². The van der Waals surface area contributed by atoms with E-state index in [0.29, 0.717) is 0 Å². The Bertz CT molecular complexity index is 127. The molecule has 10 N–H and O–H groups in total. The van der Waals surface area contributed by atoms with Gasteiger partial charge in [0.2, 0.25) is 0 Å². The second kappa shape index (κ2) is 13.8. The predicted octanol–water partition coefficient (Wildman–Crippen LogP) is -2.37. The molecule has 0 bridgehead atoms. The second-order valence-corrected chi connectivity index (χ2v) is 6.09. The Kier molecular flexibility index (Phi) is 22.2. The Morgan fingerprint density at radius 2 is 1.20 bits per heavy atom. The van der Waals surface area contributed by atoms with E-state index in [1.54, 1.807) is 0 Å². The lowest BCUT2D eigenvalue weighted by molar-refractivity contribution is -0.219. The lowest BCUT2D eigenvalue weighted by atomic mass is 11.3. The van der Waals surface area contributed by atoms with E-state index in [1.165, 1.54) is 0 Å². The molecule has 0 atom stereocenters. The van der Waals surface area contributed by atoms with Gasteiger partial charge in [0.1, 0.15) is 7.26 Å². The summed E-state index contributed by atoms with van der Waals surface area (Å²) in [4.78, 5) is 0. The van der Waals surface area contributed by atoms with Gasteiger partial charge in [-0.15, -0.1) is 12.4 Å². The van der Waals surface area contributed by atoms with Gasteiger partial charge in [-0.3, -0.25) is 5.41 Å². The van der Waals surface area contributed by atoms with Crippen molar-refractivity contribution in [2.24, 2.45) is 5.73 Å². The van der Waals surface area contributed by atoms with Crippen LogP contribution < -0.4 is 17.0 Å². The lowest BCUT2D eigenvalue weighted by Gasteiger charge is -2.15. The first-order chi connectivity index (χ1) is 5.97. The third-order valence-corrected chi connectivity index (χ3v) is 3.60. The van der Waals surface area contributed by atoms with Gasteiger partial charge >= 0.3 is 0 Å². The molecule has 8 nitrogen and oxygen atoms in total. The summed E-state index contributed by atoms with van der Waals surface area (Å²) in [6.45, 7) is 0. The maximum atomic E-state index is 8.89. The Morgan fingerprint density at radius 1 is 1.07 bits per heavy atom. The van der Waals surface area contributed by atoms with Crippen molar-refractivity contribution >= 4 is 25.7 Å². The zero-order chi connectivity index (χ0) is 10.9. The monoisotopic (exact) mass is 267 g/mol. The largest absolute Gasteiger partial charge is 0.847 e. The van der Waals surface area contributed by atoms with Crippen LogP contribution in [0.4, 0.5) is 0 Å². The van der Waals surface area contributed by atoms with Crippen LogP contribution in [0.3, 0.4) is 0 Å². The topological polar surface area (TPSA) is 189 Å². The minimum Gasteiger partial charge on any atom is -0.847 e. The standard InChI is InChI=1S/C4H12O4P.CH4N2O.ClH.H3N/c5-1-9(2-6,3-7)4-8;2-1(3)4;;/h5-8H,1-4H2;(H4,2,3,4);1H;1H3/q+1;;;/p-1. The van der Waals surface area contributed by atoms with Crippen LogP contribution in [-0.2, 0) is 0 Å². The van der Waals surface area contributed by atoms with E-state index in [1.807, 2.05) is 0 Å². The molecular weight excluding hydrogens is 248 g/mol. The normalized spacial score (nSPS) is 8.80. The number of amidine groups is 1. The lowest BCUT2D eigenvalue weighted by Crippen LogP contribution is -2.25. The van der Waals surface area contributed by atoms with Crippen LogP contribution in [0.2, 0.25) is 0 Å². The van der Waals surface area contributed by atoms with Gasteiger partial charge in [0, 0.05) is 6.02 Å². The molecule has 0 heterocycles. The summed E-state index contributed by atoms with van der Waals surface area (Å²) < 4.78 is 0. The average molecular weight is 268 g/mol. The van der Waals surface area contributed by atoms with Crippen LogP contribution in [-0.4, -0.2) is 51.8 Å². The molecule has 0 aliphatic heterocycles. The third kappa shape index (κ3) is 13.8. The smallest absolute Gasteiger partial charge is 0.161 e. The highest BCUT2D eigenvalue weighted by Gasteiger charge is 2.34. The van der Waals surface area contributed by atoms with E-state index in [2.05, 4.69) is 5.73 Å². The maximum absolute atomic E-state index is 8.89. The predicted molar refractivity (Wildman–Crippen MR) is 59.4 cm³/mol. The Morgan fingerprint density at radius 3 is 1.20 bits per heavy atom. The highest BCUT2D eigenvalue weighted by atomic mass is 35.5. The zero-order valence-corrected chi connectivity index (χ0v) is 9.88. The van der Waals surface area contributed by atoms with E-state index in [4.69, 9.17) is 30.9 Å². The molecule has 0 spiro atoms. The first-order valence-corrected chi connectivity index (χ1v) is 5.80. The van der Waals surface area contributed by atoms with Gasteiger partial charge < -0.3 is 37.4 Å². The maximum Gasteiger partial charge on any atom is 0.161 e. The van der Waals surface area contributed by atoms with Gasteiger partial charge in [-0.1, -0.05) is 0 Å². The molecule has 0 unspecified atom stereocenters. The number of hydrogen-bond acceptors (Lipinski definition) is 7. The Labute approximate surface area is 94.6 Å². The number of aliphatic hydroxyl groups is 4. The van der Waals surface area contributed by atoms with E-state index in [0.717, 1.165) is 0 Å². The van der Waals surface area contributed by atoms with Crippen LogP contribution in [0.15, 0.2) is 0 Å². The van der Waals surface area contributed by atoms with Crippen molar-refractivity contribution in [2.75, 3.05) is 25.4 Å². The van der Waals surface area contributed by atoms with E-state index in [-0.39, 0.29) is 43.9 Å². The average Bonchev–Trinajstić information content (AvgIpc) is 2.09. The van der Waals surface area contributed by atoms with Crippen LogP contribution in [0.25, 0.3) is 0 Å². The number of nitrogens with one attached hydrogen (secondary N) is 1. The van der Waals surface area contributed by atoms with Gasteiger partial charge in [-0.05, 0) is 0 Å². The van der Waals surface area contributed by atoms with Crippen LogP contribution in [0.1, 0.15) is 0 Å². The summed E-state index contributed by atoms with van der Waals surface area (Å²) in [7, 11) is -2.20. The van der Waals surface area contributed by atoms with Gasteiger partial charge in [0.25, 0.3) is 0 Å². The first kappa shape index (κ1) is 24.2. The van der Waals surface area contributed by atoms with E-state index >= 15 is 0 Å². The Balaban J connectivity index is -0.0000000883. The minimum atomic E-state index is -2.20. The van der Waals surface area contributed by atoms with E-state index in [9.17, 15) is 0 Å². The fraction of sp³-hybridized carbons (Fsp3) is 0.800. The summed E-state index contributed by atoms with van der Waals surface area (Å²) in [5.41, 5.74) is 4.14. The number of nitrogens with two attached hydrogens (primary N) is 1. The number of halogens is 1. The summed E-state index contributed by atoms with van der Waals surface area (Å²) in [5.74, 6) is 0. The van der Waals surface area contributed by atoms with Crippen molar-refractivity contribution in [1.82, 2.24) is 6.15 Å². The van der Waals surface area contributed by atoms with Crippen LogP contribution in [0.5, 0.6) is 0 Å². The number of aliphatic hydroxyl groups excluding tert-OH is 4. The molecule has 0 saturated heterocycles. The van der Waals surface area contributed by atoms with Crippen molar-refractivity contribution in [1.29, 1.82) is 5.41 Å². The van der Waals surface area contributed by atoms with Crippen molar-refractivity contribution in [3.05, 3.63) is 0 Å². The van der Waals surface area contributed by atoms with Crippen molar-refractivity contribution < 1.29 is 25.5 Å². The zero-order valence-electron chi connectivity index (χ0n) is 8.17. The van der Waals surface area contributed by atoms with Gasteiger partial charge in [-0.25, -0.2) is 0 Å². The van der Waals surface area contributed by atoms with Gasteiger partial charge in [0.15, 0.2) is 25.4 Å². The molecule has 0 rings (SSSR count). The molecule has 0 aromatic carbocycles. The van der Waals surface area contributed by atoms with Gasteiger partial charge in [-0.2, -0.15) is 0 Å². The van der Waals surface area contributed by atoms with Crippen LogP contribution in [0, 0.1) is 5.41 Å². The first-order valence-electron chi connectivity index (χ1n) is 3.27. The van der Waals surface area contributed by atoms with Crippen molar-refractivity contribution in [2.45, 2.75) is 0 Å². The summed E-state index contributed by atoms with van der Waals surface area (Å²) in [6, 6.07) is -1.08. The fourth-order valence-corrected chi connectivity index (χ4v) is 0.805. The highest BCUT2D eigenvalue weighted by molar-refractivity contribution is 7.75. The summed E-state index contributed by atoms with van der Waals surface area (Å²) in [5, 5.41) is 48.8. The van der Waals surface area contributed by atoms with Crippen molar-refractivity contribution in [3.63, 3.8) is 0 Å². The molecule has 0 amide bonds. The summed E-state index contributed by atoms with van der Waals surface area (Å²) in [6.07, 6.45) is -1.18. The minimum absolute atomic E-state index is 0. The third-order valence-electron chi connectivity index (χ3n) is 1.20. The molecule has 10 heteroatoms. The molecule has 0 aliphatic rings. The van der Waals surface area contributed by atoms with E-state index < -0.39 is 13.3 Å². The molecule has 96 valence electrons. The quantitative estimate of drug-likeness (QED) is 0.168. The molecule has 0 fully saturated rings. The molecule has 0 aromatic heterocycles. The molecule has 0 aliphatic carbocycles. The SMILES string of the molecule is Cl.N.N=C(N)[O-].OC[P+](CO)(CO)CO. The fourth-order valence-electron chi connectivity index (χ4n) is 0.268. The van der Waals surface area contributed by atoms with Crippen molar-refractivity contribution in [3.8, 4) is 0 Å². The summed E-state index contributed by atoms with van der Waals surface area (Å²) >= 11 is 0. The molecule has 15 heavy (non-hydrogen) atoms. The molecule has 0 aromatic rings. The molecule has 0 radical (unpaired) electrons. The molecular formula is C5H19ClN3O5P. The highest BCUT2D eigenvalue weighted by Crippen LogP contribution is 2.54. The molecule has 0 saturated carbocycles. The van der Waals surface area contributed by atoms with Crippen LogP contribution >= 0.6 is 19.7 Å².